The molecule has 1 aliphatic heterocycles. The minimum atomic E-state index is -0.502. The van der Waals surface area contributed by atoms with Crippen molar-refractivity contribution in [2.45, 2.75) is 30.6 Å². The Bertz CT molecular complexity index is 960. The first-order valence-corrected chi connectivity index (χ1v) is 10.7. The molecule has 4 rings (SSSR count). The number of aryl methyl sites for hydroxylation is 2. The van der Waals surface area contributed by atoms with E-state index in [0.29, 0.717) is 5.75 Å². The molecular weight excluding hydrogens is 388 g/mol. The van der Waals surface area contributed by atoms with Crippen LogP contribution in [0.4, 0.5) is 11.4 Å². The number of carbonyl (C=O) groups is 3. The van der Waals surface area contributed by atoms with Gasteiger partial charge in [0.25, 0.3) is 5.91 Å². The number of hydrogen-bond acceptors (Lipinski definition) is 5. The summed E-state index contributed by atoms with van der Waals surface area (Å²) in [5, 5.41) is 2.77. The summed E-state index contributed by atoms with van der Waals surface area (Å²) in [5.74, 6) is -0.546. The molecule has 0 bridgehead atoms. The van der Waals surface area contributed by atoms with Gasteiger partial charge in [-0.1, -0.05) is 18.2 Å². The highest BCUT2D eigenvalue weighted by atomic mass is 32.2. The summed E-state index contributed by atoms with van der Waals surface area (Å²) < 4.78 is 5.09. The van der Waals surface area contributed by atoms with Crippen LogP contribution in [-0.4, -0.2) is 36.7 Å². The molecule has 6 nitrogen and oxygen atoms in total. The monoisotopic (exact) mass is 410 g/mol. The fourth-order valence-electron chi connectivity index (χ4n) is 3.67. The van der Waals surface area contributed by atoms with Crippen LogP contribution in [0.3, 0.4) is 0 Å². The molecule has 2 aromatic rings. The lowest BCUT2D eigenvalue weighted by molar-refractivity contribution is -0.147. The first-order chi connectivity index (χ1) is 14.1. The zero-order chi connectivity index (χ0) is 20.2. The number of fused-ring (bicyclic) bond motifs is 2. The lowest BCUT2D eigenvalue weighted by Gasteiger charge is -2.28. The fraction of sp³-hybridized carbons (Fsp3) is 0.318. The summed E-state index contributed by atoms with van der Waals surface area (Å²) in [6.45, 7) is -0.0992. The normalized spacial score (nSPS) is 14.9. The van der Waals surface area contributed by atoms with Crippen LogP contribution >= 0.6 is 11.8 Å². The van der Waals surface area contributed by atoms with Crippen molar-refractivity contribution in [2.24, 2.45) is 0 Å². The Labute approximate surface area is 173 Å². The third-order valence-electron chi connectivity index (χ3n) is 5.09. The number of anilines is 2. The Morgan fingerprint density at radius 2 is 1.93 bits per heavy atom. The maximum absolute atomic E-state index is 12.2. The fourth-order valence-corrected chi connectivity index (χ4v) is 4.60. The van der Waals surface area contributed by atoms with Crippen molar-refractivity contribution in [3.63, 3.8) is 0 Å². The van der Waals surface area contributed by atoms with Gasteiger partial charge in [-0.2, -0.15) is 0 Å². The number of rotatable bonds is 6. The molecule has 2 aliphatic rings. The molecule has 7 heteroatoms. The molecule has 150 valence electrons. The van der Waals surface area contributed by atoms with Gasteiger partial charge >= 0.3 is 5.97 Å². The number of benzene rings is 2. The number of para-hydroxylation sites is 1. The van der Waals surface area contributed by atoms with E-state index in [9.17, 15) is 14.4 Å². The smallest absolute Gasteiger partial charge is 0.308 e. The van der Waals surface area contributed by atoms with Crippen molar-refractivity contribution in [3.05, 3.63) is 53.6 Å². The molecule has 0 aromatic heterocycles. The third kappa shape index (κ3) is 4.62. The van der Waals surface area contributed by atoms with Crippen LogP contribution in [0.15, 0.2) is 47.4 Å². The molecule has 0 atom stereocenters. The molecule has 2 aromatic carbocycles. The van der Waals surface area contributed by atoms with Gasteiger partial charge in [0.2, 0.25) is 5.91 Å². The molecule has 29 heavy (non-hydrogen) atoms. The molecule has 1 aliphatic carbocycles. The Kier molecular flexibility index (Phi) is 5.85. The molecule has 2 amide bonds. The van der Waals surface area contributed by atoms with Crippen molar-refractivity contribution >= 4 is 40.9 Å². The summed E-state index contributed by atoms with van der Waals surface area (Å²) in [6, 6.07) is 13.5. The number of hydrogen-bond donors (Lipinski definition) is 1. The van der Waals surface area contributed by atoms with Gasteiger partial charge < -0.3 is 15.0 Å². The largest absolute Gasteiger partial charge is 0.456 e. The molecule has 0 saturated heterocycles. The van der Waals surface area contributed by atoms with Crippen molar-refractivity contribution in [1.29, 1.82) is 0 Å². The Balaban J connectivity index is 1.25. The first-order valence-electron chi connectivity index (χ1n) is 9.69. The van der Waals surface area contributed by atoms with E-state index >= 15 is 0 Å². The minimum absolute atomic E-state index is 0.0316. The highest BCUT2D eigenvalue weighted by Gasteiger charge is 2.25. The number of esters is 1. The van der Waals surface area contributed by atoms with E-state index in [1.807, 2.05) is 42.5 Å². The molecule has 1 heterocycles. The number of thioether (sulfide) groups is 1. The average Bonchev–Trinajstić information content (AvgIpc) is 3.19. The summed E-state index contributed by atoms with van der Waals surface area (Å²) in [5.41, 5.74) is 4.14. The second kappa shape index (κ2) is 8.69. The van der Waals surface area contributed by atoms with Gasteiger partial charge in [-0.3, -0.25) is 14.4 Å². The van der Waals surface area contributed by atoms with Gasteiger partial charge in [0, 0.05) is 17.1 Å². The van der Waals surface area contributed by atoms with Crippen molar-refractivity contribution in [1.82, 2.24) is 0 Å². The van der Waals surface area contributed by atoms with Crippen molar-refractivity contribution < 1.29 is 19.1 Å². The van der Waals surface area contributed by atoms with Gasteiger partial charge in [-0.25, -0.2) is 0 Å². The number of nitrogens with one attached hydrogen (secondary N) is 1. The van der Waals surface area contributed by atoms with E-state index in [2.05, 4.69) is 5.32 Å². The SMILES string of the molecule is O=C(COC(=O)CCN1C(=O)CSc2ccccc21)Nc1ccc2c(c1)CCC2. The van der Waals surface area contributed by atoms with Crippen molar-refractivity contribution in [3.8, 4) is 0 Å². The van der Waals surface area contributed by atoms with Gasteiger partial charge in [0.05, 0.1) is 17.9 Å². The quantitative estimate of drug-likeness (QED) is 0.741. The Morgan fingerprint density at radius 1 is 1.10 bits per heavy atom. The highest BCUT2D eigenvalue weighted by Crippen LogP contribution is 2.34. The van der Waals surface area contributed by atoms with E-state index in [0.717, 1.165) is 35.5 Å². The predicted octanol–water partition coefficient (Wildman–Crippen LogP) is 3.19. The number of amides is 2. The zero-order valence-electron chi connectivity index (χ0n) is 16.0. The van der Waals surface area contributed by atoms with Crippen LogP contribution < -0.4 is 10.2 Å². The summed E-state index contributed by atoms with van der Waals surface area (Å²) in [4.78, 5) is 39.0. The highest BCUT2D eigenvalue weighted by molar-refractivity contribution is 8.00. The topological polar surface area (TPSA) is 75.7 Å². The van der Waals surface area contributed by atoms with Crippen LogP contribution in [0, 0.1) is 0 Å². The van der Waals surface area contributed by atoms with E-state index < -0.39 is 5.97 Å². The number of ether oxygens (including phenoxy) is 1. The standard InChI is InChI=1S/C22H22N2O4S/c25-20(23-17-9-8-15-4-3-5-16(15)12-17)13-28-22(27)10-11-24-18-6-1-2-7-19(18)29-14-21(24)26/h1-2,6-9,12H,3-5,10-11,13-14H2,(H,23,25). The molecule has 0 fully saturated rings. The predicted molar refractivity (Wildman–Crippen MR) is 112 cm³/mol. The maximum atomic E-state index is 12.2. The molecule has 0 saturated carbocycles. The minimum Gasteiger partial charge on any atom is -0.456 e. The number of nitrogens with zero attached hydrogens (tertiary/aromatic N) is 1. The maximum Gasteiger partial charge on any atom is 0.308 e. The van der Waals surface area contributed by atoms with Crippen LogP contribution in [0.1, 0.15) is 24.0 Å². The lowest BCUT2D eigenvalue weighted by Crippen LogP contribution is -2.37. The third-order valence-corrected chi connectivity index (χ3v) is 6.14. The summed E-state index contributed by atoms with van der Waals surface area (Å²) in [7, 11) is 0. The molecule has 0 spiro atoms. The molecule has 1 N–H and O–H groups in total. The van der Waals surface area contributed by atoms with Crippen LogP contribution in [0.25, 0.3) is 0 Å². The first kappa shape index (κ1) is 19.5. The van der Waals surface area contributed by atoms with Gasteiger partial charge in [0.15, 0.2) is 6.61 Å². The van der Waals surface area contributed by atoms with Crippen LogP contribution in [0.5, 0.6) is 0 Å². The van der Waals surface area contributed by atoms with Crippen LogP contribution in [0.2, 0.25) is 0 Å². The molecule has 0 radical (unpaired) electrons. The van der Waals surface area contributed by atoms with Gasteiger partial charge in [0.1, 0.15) is 0 Å². The second-order valence-corrected chi connectivity index (χ2v) is 8.11. The molecule has 0 unspecified atom stereocenters. The average molecular weight is 410 g/mol. The lowest BCUT2D eigenvalue weighted by atomic mass is 10.1. The zero-order valence-corrected chi connectivity index (χ0v) is 16.8. The van der Waals surface area contributed by atoms with E-state index in [1.165, 1.54) is 22.9 Å². The van der Waals surface area contributed by atoms with E-state index in [4.69, 9.17) is 4.74 Å². The summed E-state index contributed by atoms with van der Waals surface area (Å²) >= 11 is 1.50. The Morgan fingerprint density at radius 3 is 2.83 bits per heavy atom. The molecular formula is C22H22N2O4S. The number of carbonyl (C=O) groups excluding carboxylic acids is 3. The summed E-state index contributed by atoms with van der Waals surface area (Å²) in [6.07, 6.45) is 3.30. The van der Waals surface area contributed by atoms with Crippen LogP contribution in [-0.2, 0) is 32.0 Å². The second-order valence-electron chi connectivity index (χ2n) is 7.10. The van der Waals surface area contributed by atoms with E-state index in [1.54, 1.807) is 4.90 Å². The van der Waals surface area contributed by atoms with Crippen molar-refractivity contribution in [2.75, 3.05) is 29.1 Å². The van der Waals surface area contributed by atoms with Gasteiger partial charge in [-0.15, -0.1) is 11.8 Å². The Hall–Kier alpha value is -2.80. The van der Waals surface area contributed by atoms with Gasteiger partial charge in [-0.05, 0) is 54.7 Å². The van der Waals surface area contributed by atoms with E-state index in [-0.39, 0.29) is 31.4 Å².